The summed E-state index contributed by atoms with van der Waals surface area (Å²) >= 11 is 0. The third-order valence-corrected chi connectivity index (χ3v) is 3.94. The summed E-state index contributed by atoms with van der Waals surface area (Å²) in [4.78, 5) is 0. The van der Waals surface area contributed by atoms with Crippen molar-refractivity contribution in [2.75, 3.05) is 13.7 Å². The lowest BCUT2D eigenvalue weighted by Gasteiger charge is -2.16. The summed E-state index contributed by atoms with van der Waals surface area (Å²) in [5.74, 6) is 1.52. The van der Waals surface area contributed by atoms with Crippen LogP contribution in [0.1, 0.15) is 42.4 Å². The second-order valence-electron chi connectivity index (χ2n) is 5.75. The molecule has 0 bridgehead atoms. The molecule has 0 saturated heterocycles. The van der Waals surface area contributed by atoms with Gasteiger partial charge in [0.25, 0.3) is 0 Å². The van der Waals surface area contributed by atoms with Gasteiger partial charge in [-0.3, -0.25) is 0 Å². The van der Waals surface area contributed by atoms with Crippen LogP contribution in [0.2, 0.25) is 0 Å². The first kappa shape index (κ1) is 15.6. The van der Waals surface area contributed by atoms with Gasteiger partial charge in [-0.2, -0.15) is 0 Å². The molecular formula is C19H24O2. The summed E-state index contributed by atoms with van der Waals surface area (Å²) in [6.45, 7) is 4.55. The van der Waals surface area contributed by atoms with Crippen molar-refractivity contribution in [1.29, 1.82) is 0 Å². The van der Waals surface area contributed by atoms with E-state index < -0.39 is 0 Å². The molecule has 0 amide bonds. The van der Waals surface area contributed by atoms with Crippen LogP contribution in [0.15, 0.2) is 48.5 Å². The molecule has 0 aromatic heterocycles. The lowest BCUT2D eigenvalue weighted by atomic mass is 9.91. The van der Waals surface area contributed by atoms with Gasteiger partial charge in [0, 0.05) is 5.92 Å². The van der Waals surface area contributed by atoms with E-state index >= 15 is 0 Å². The van der Waals surface area contributed by atoms with Crippen molar-refractivity contribution in [1.82, 2.24) is 0 Å². The Morgan fingerprint density at radius 1 is 0.905 bits per heavy atom. The molecule has 2 rings (SSSR count). The van der Waals surface area contributed by atoms with E-state index in [1.807, 2.05) is 24.3 Å². The fourth-order valence-corrected chi connectivity index (χ4v) is 2.49. The van der Waals surface area contributed by atoms with E-state index in [9.17, 15) is 5.11 Å². The number of benzene rings is 2. The molecule has 2 aromatic carbocycles. The van der Waals surface area contributed by atoms with Crippen LogP contribution in [0.3, 0.4) is 0 Å². The molecule has 1 N–H and O–H groups in total. The summed E-state index contributed by atoms with van der Waals surface area (Å²) in [6, 6.07) is 16.7. The third kappa shape index (κ3) is 4.08. The fraction of sp³-hybridized carbons (Fsp3) is 0.368. The van der Waals surface area contributed by atoms with Gasteiger partial charge < -0.3 is 9.84 Å². The molecule has 0 heterocycles. The maximum Gasteiger partial charge on any atom is 0.118 e. The highest BCUT2D eigenvalue weighted by molar-refractivity contribution is 5.32. The Morgan fingerprint density at radius 3 is 1.95 bits per heavy atom. The summed E-state index contributed by atoms with van der Waals surface area (Å²) in [5.41, 5.74) is 3.75. The second-order valence-corrected chi connectivity index (χ2v) is 5.75. The van der Waals surface area contributed by atoms with Crippen molar-refractivity contribution in [2.45, 2.75) is 32.1 Å². The zero-order valence-corrected chi connectivity index (χ0v) is 13.0. The van der Waals surface area contributed by atoms with E-state index in [0.29, 0.717) is 5.92 Å². The Hall–Kier alpha value is -1.80. The molecular weight excluding hydrogens is 260 g/mol. The molecule has 0 fully saturated rings. The Bertz CT molecular complexity index is 541. The maximum atomic E-state index is 9.68. The average Bonchev–Trinajstić information content (AvgIpc) is 2.53. The monoisotopic (exact) mass is 284 g/mol. The standard InChI is InChI=1S/C19H24O2/c1-14(2)16-6-4-15(5-7-16)12-18(13-20)17-8-10-19(21-3)11-9-17/h4-11,14,18,20H,12-13H2,1-3H3. The van der Waals surface area contributed by atoms with Crippen LogP contribution in [0.5, 0.6) is 5.75 Å². The van der Waals surface area contributed by atoms with Crippen molar-refractivity contribution in [3.8, 4) is 5.75 Å². The predicted molar refractivity (Wildman–Crippen MR) is 87.1 cm³/mol. The molecule has 0 radical (unpaired) electrons. The first-order valence-electron chi connectivity index (χ1n) is 7.47. The van der Waals surface area contributed by atoms with Gasteiger partial charge >= 0.3 is 0 Å². The Kier molecular flexibility index (Phi) is 5.40. The molecule has 112 valence electrons. The number of aliphatic hydroxyl groups excluding tert-OH is 1. The molecule has 0 saturated carbocycles. The Labute approximate surface area is 127 Å². The number of methoxy groups -OCH3 is 1. The van der Waals surface area contributed by atoms with E-state index in [2.05, 4.69) is 38.1 Å². The van der Waals surface area contributed by atoms with Gasteiger partial charge in [0.05, 0.1) is 13.7 Å². The lowest BCUT2D eigenvalue weighted by Crippen LogP contribution is -2.08. The smallest absolute Gasteiger partial charge is 0.118 e. The largest absolute Gasteiger partial charge is 0.497 e. The molecule has 0 aliphatic heterocycles. The van der Waals surface area contributed by atoms with Crippen molar-refractivity contribution in [2.24, 2.45) is 0 Å². The summed E-state index contributed by atoms with van der Waals surface area (Å²) in [5, 5.41) is 9.68. The van der Waals surface area contributed by atoms with Crippen LogP contribution in [0, 0.1) is 0 Å². The predicted octanol–water partition coefficient (Wildman–Crippen LogP) is 4.14. The molecule has 0 aliphatic rings. The Balaban J connectivity index is 2.10. The number of hydrogen-bond donors (Lipinski definition) is 1. The van der Waals surface area contributed by atoms with Crippen LogP contribution < -0.4 is 4.74 Å². The van der Waals surface area contributed by atoms with Crippen molar-refractivity contribution in [3.63, 3.8) is 0 Å². The maximum absolute atomic E-state index is 9.68. The lowest BCUT2D eigenvalue weighted by molar-refractivity contribution is 0.264. The number of rotatable bonds is 6. The zero-order chi connectivity index (χ0) is 15.2. The van der Waals surface area contributed by atoms with E-state index in [4.69, 9.17) is 4.74 Å². The van der Waals surface area contributed by atoms with E-state index in [-0.39, 0.29) is 12.5 Å². The number of hydrogen-bond acceptors (Lipinski definition) is 2. The van der Waals surface area contributed by atoms with Gasteiger partial charge in [-0.1, -0.05) is 50.2 Å². The van der Waals surface area contributed by atoms with Gasteiger partial charge in [-0.25, -0.2) is 0 Å². The van der Waals surface area contributed by atoms with Gasteiger partial charge in [0.15, 0.2) is 0 Å². The number of ether oxygens (including phenoxy) is 1. The minimum atomic E-state index is 0.126. The average molecular weight is 284 g/mol. The quantitative estimate of drug-likeness (QED) is 0.864. The van der Waals surface area contributed by atoms with Crippen LogP contribution in [0.25, 0.3) is 0 Å². The van der Waals surface area contributed by atoms with Crippen molar-refractivity contribution < 1.29 is 9.84 Å². The highest BCUT2D eigenvalue weighted by Gasteiger charge is 2.12. The van der Waals surface area contributed by atoms with Gasteiger partial charge in [-0.15, -0.1) is 0 Å². The fourth-order valence-electron chi connectivity index (χ4n) is 2.49. The van der Waals surface area contributed by atoms with Gasteiger partial charge in [0.2, 0.25) is 0 Å². The normalized spacial score (nSPS) is 12.4. The topological polar surface area (TPSA) is 29.5 Å². The van der Waals surface area contributed by atoms with Crippen molar-refractivity contribution in [3.05, 3.63) is 65.2 Å². The molecule has 2 heteroatoms. The highest BCUT2D eigenvalue weighted by atomic mass is 16.5. The van der Waals surface area contributed by atoms with E-state index in [1.54, 1.807) is 7.11 Å². The van der Waals surface area contributed by atoms with Crippen LogP contribution in [-0.4, -0.2) is 18.8 Å². The SMILES string of the molecule is COc1ccc(C(CO)Cc2ccc(C(C)C)cc2)cc1. The Morgan fingerprint density at radius 2 is 1.48 bits per heavy atom. The van der Waals surface area contributed by atoms with Gasteiger partial charge in [-0.05, 0) is 41.2 Å². The third-order valence-electron chi connectivity index (χ3n) is 3.94. The summed E-state index contributed by atoms with van der Waals surface area (Å²) in [6.07, 6.45) is 0.848. The van der Waals surface area contributed by atoms with E-state index in [1.165, 1.54) is 11.1 Å². The van der Waals surface area contributed by atoms with Crippen LogP contribution in [0.4, 0.5) is 0 Å². The van der Waals surface area contributed by atoms with Gasteiger partial charge in [0.1, 0.15) is 5.75 Å². The molecule has 21 heavy (non-hydrogen) atoms. The second kappa shape index (κ2) is 7.28. The van der Waals surface area contributed by atoms with Crippen LogP contribution in [-0.2, 0) is 6.42 Å². The molecule has 1 unspecified atom stereocenters. The first-order chi connectivity index (χ1) is 10.1. The van der Waals surface area contributed by atoms with E-state index in [0.717, 1.165) is 17.7 Å². The molecule has 1 atom stereocenters. The summed E-state index contributed by atoms with van der Waals surface area (Å²) in [7, 11) is 1.66. The highest BCUT2D eigenvalue weighted by Crippen LogP contribution is 2.24. The minimum Gasteiger partial charge on any atom is -0.497 e. The molecule has 2 nitrogen and oxygen atoms in total. The van der Waals surface area contributed by atoms with Crippen molar-refractivity contribution >= 4 is 0 Å². The minimum absolute atomic E-state index is 0.126. The molecule has 2 aromatic rings. The summed E-state index contributed by atoms with van der Waals surface area (Å²) < 4.78 is 5.17. The van der Waals surface area contributed by atoms with Crippen LogP contribution >= 0.6 is 0 Å². The zero-order valence-electron chi connectivity index (χ0n) is 13.0. The molecule has 0 spiro atoms. The number of aliphatic hydroxyl groups is 1. The first-order valence-corrected chi connectivity index (χ1v) is 7.47. The molecule has 0 aliphatic carbocycles.